The van der Waals surface area contributed by atoms with E-state index in [1.165, 1.54) is 6.07 Å². The molecule has 0 fully saturated rings. The summed E-state index contributed by atoms with van der Waals surface area (Å²) in [6.45, 7) is 0. The third-order valence-corrected chi connectivity index (χ3v) is 1.81. The monoisotopic (exact) mass is 192 g/mol. The molecule has 14 heavy (non-hydrogen) atoms. The van der Waals surface area contributed by atoms with Crippen molar-refractivity contribution in [2.75, 3.05) is 0 Å². The molecule has 1 N–H and O–H groups in total. The van der Waals surface area contributed by atoms with Gasteiger partial charge in [-0.3, -0.25) is 4.68 Å². The molecule has 5 heteroatoms. The van der Waals surface area contributed by atoms with Crippen molar-refractivity contribution >= 4 is 5.97 Å². The first-order valence-electron chi connectivity index (χ1n) is 3.99. The third kappa shape index (κ3) is 1.39. The number of carboxylic acids is 1. The zero-order chi connectivity index (χ0) is 10.1. The highest BCUT2D eigenvalue weighted by Gasteiger charge is 2.10. The second-order valence-electron chi connectivity index (χ2n) is 2.87. The molecule has 0 amide bonds. The Labute approximate surface area is 79.6 Å². The van der Waals surface area contributed by atoms with Crippen molar-refractivity contribution in [3.63, 3.8) is 0 Å². The first kappa shape index (κ1) is 8.55. The van der Waals surface area contributed by atoms with E-state index in [2.05, 4.69) is 5.10 Å². The van der Waals surface area contributed by atoms with Gasteiger partial charge in [0, 0.05) is 13.2 Å². The summed E-state index contributed by atoms with van der Waals surface area (Å²) >= 11 is 0. The summed E-state index contributed by atoms with van der Waals surface area (Å²) < 4.78 is 6.71. The molecular formula is C9H8N2O3. The van der Waals surface area contributed by atoms with Crippen LogP contribution in [0.2, 0.25) is 0 Å². The van der Waals surface area contributed by atoms with E-state index in [0.717, 1.165) is 5.56 Å². The predicted molar refractivity (Wildman–Crippen MR) is 47.9 cm³/mol. The van der Waals surface area contributed by atoms with Crippen LogP contribution in [-0.4, -0.2) is 20.9 Å². The highest BCUT2D eigenvalue weighted by Crippen LogP contribution is 2.20. The first-order valence-corrected chi connectivity index (χ1v) is 3.99. The van der Waals surface area contributed by atoms with E-state index in [-0.39, 0.29) is 5.76 Å². The summed E-state index contributed by atoms with van der Waals surface area (Å²) in [6.07, 6.45) is 3.37. The highest BCUT2D eigenvalue weighted by molar-refractivity contribution is 5.85. The van der Waals surface area contributed by atoms with Gasteiger partial charge < -0.3 is 9.52 Å². The van der Waals surface area contributed by atoms with Gasteiger partial charge in [0.1, 0.15) is 5.76 Å². The number of aromatic nitrogens is 2. The lowest BCUT2D eigenvalue weighted by Crippen LogP contribution is -1.91. The Morgan fingerprint density at radius 3 is 2.86 bits per heavy atom. The smallest absolute Gasteiger partial charge is 0.371 e. The van der Waals surface area contributed by atoms with Crippen LogP contribution < -0.4 is 0 Å². The van der Waals surface area contributed by atoms with Crippen molar-refractivity contribution in [3.05, 3.63) is 30.3 Å². The molecule has 0 saturated carbocycles. The summed E-state index contributed by atoms with van der Waals surface area (Å²) in [6, 6.07) is 3.03. The van der Waals surface area contributed by atoms with Gasteiger partial charge >= 0.3 is 5.97 Å². The van der Waals surface area contributed by atoms with Crippen LogP contribution >= 0.6 is 0 Å². The van der Waals surface area contributed by atoms with E-state index in [4.69, 9.17) is 9.52 Å². The molecule has 2 heterocycles. The van der Waals surface area contributed by atoms with E-state index < -0.39 is 5.97 Å². The fraction of sp³-hybridized carbons (Fsp3) is 0.111. The molecule has 0 saturated heterocycles. The van der Waals surface area contributed by atoms with Gasteiger partial charge in [0.15, 0.2) is 0 Å². The van der Waals surface area contributed by atoms with Gasteiger partial charge in [-0.25, -0.2) is 4.79 Å². The quantitative estimate of drug-likeness (QED) is 0.780. The summed E-state index contributed by atoms with van der Waals surface area (Å²) in [5, 5.41) is 12.6. The van der Waals surface area contributed by atoms with Crippen molar-refractivity contribution in [2.45, 2.75) is 0 Å². The lowest BCUT2D eigenvalue weighted by Gasteiger charge is -1.88. The minimum atomic E-state index is -1.07. The molecule has 5 nitrogen and oxygen atoms in total. The van der Waals surface area contributed by atoms with Crippen LogP contribution in [0.1, 0.15) is 10.6 Å². The van der Waals surface area contributed by atoms with Crippen molar-refractivity contribution in [1.82, 2.24) is 9.78 Å². The Morgan fingerprint density at radius 1 is 1.57 bits per heavy atom. The number of rotatable bonds is 2. The van der Waals surface area contributed by atoms with Gasteiger partial charge in [-0.2, -0.15) is 5.10 Å². The van der Waals surface area contributed by atoms with E-state index in [1.807, 2.05) is 0 Å². The Hall–Kier alpha value is -2.04. The molecule has 0 radical (unpaired) electrons. The predicted octanol–water partition coefficient (Wildman–Crippen LogP) is 1.38. The van der Waals surface area contributed by atoms with Crippen molar-refractivity contribution < 1.29 is 14.3 Å². The SMILES string of the molecule is Cn1cc(-c2ccc(C(=O)O)o2)cn1. The average molecular weight is 192 g/mol. The summed E-state index contributed by atoms with van der Waals surface area (Å²) in [5.74, 6) is -0.625. The largest absolute Gasteiger partial charge is 0.475 e. The maximum atomic E-state index is 10.5. The molecule has 0 bridgehead atoms. The van der Waals surface area contributed by atoms with Crippen LogP contribution in [-0.2, 0) is 7.05 Å². The van der Waals surface area contributed by atoms with Crippen molar-refractivity contribution in [1.29, 1.82) is 0 Å². The number of furan rings is 1. The van der Waals surface area contributed by atoms with Crippen LogP contribution in [0.15, 0.2) is 28.9 Å². The molecule has 2 aromatic rings. The highest BCUT2D eigenvalue weighted by atomic mass is 16.4. The van der Waals surface area contributed by atoms with Gasteiger partial charge in [-0.05, 0) is 12.1 Å². The molecule has 0 aliphatic carbocycles. The molecule has 0 spiro atoms. The molecule has 0 aliphatic rings. The number of nitrogens with zero attached hydrogens (tertiary/aromatic N) is 2. The summed E-state index contributed by atoms with van der Waals surface area (Å²) in [7, 11) is 1.78. The van der Waals surface area contributed by atoms with E-state index >= 15 is 0 Å². The van der Waals surface area contributed by atoms with Gasteiger partial charge in [-0.15, -0.1) is 0 Å². The Morgan fingerprint density at radius 2 is 2.36 bits per heavy atom. The van der Waals surface area contributed by atoms with E-state index in [1.54, 1.807) is 30.2 Å². The van der Waals surface area contributed by atoms with Crippen LogP contribution in [0.4, 0.5) is 0 Å². The van der Waals surface area contributed by atoms with Crippen LogP contribution in [0, 0.1) is 0 Å². The minimum Gasteiger partial charge on any atom is -0.475 e. The number of carbonyl (C=O) groups is 1. The molecule has 0 atom stereocenters. The fourth-order valence-corrected chi connectivity index (χ4v) is 1.16. The van der Waals surface area contributed by atoms with Crippen LogP contribution in [0.5, 0.6) is 0 Å². The Bertz CT molecular complexity index is 470. The number of carboxylic acid groups (broad SMARTS) is 1. The van der Waals surface area contributed by atoms with Gasteiger partial charge in [0.2, 0.25) is 5.76 Å². The zero-order valence-corrected chi connectivity index (χ0v) is 7.47. The second-order valence-corrected chi connectivity index (χ2v) is 2.87. The molecule has 2 aromatic heterocycles. The van der Waals surface area contributed by atoms with Gasteiger partial charge in [0.25, 0.3) is 0 Å². The average Bonchev–Trinajstić information content (AvgIpc) is 2.70. The Kier molecular flexibility index (Phi) is 1.85. The summed E-state index contributed by atoms with van der Waals surface area (Å²) in [4.78, 5) is 10.5. The molecule has 0 aromatic carbocycles. The molecule has 0 aliphatic heterocycles. The number of aryl methyl sites for hydroxylation is 1. The van der Waals surface area contributed by atoms with Gasteiger partial charge in [-0.1, -0.05) is 0 Å². The van der Waals surface area contributed by atoms with Crippen LogP contribution in [0.25, 0.3) is 11.3 Å². The lowest BCUT2D eigenvalue weighted by molar-refractivity contribution is 0.0663. The topological polar surface area (TPSA) is 68.3 Å². The van der Waals surface area contributed by atoms with Gasteiger partial charge in [0.05, 0.1) is 11.8 Å². The number of hydrogen-bond donors (Lipinski definition) is 1. The third-order valence-electron chi connectivity index (χ3n) is 1.81. The van der Waals surface area contributed by atoms with E-state index in [0.29, 0.717) is 5.76 Å². The molecule has 72 valence electrons. The van der Waals surface area contributed by atoms with Crippen molar-refractivity contribution in [2.24, 2.45) is 7.05 Å². The standard InChI is InChI=1S/C9H8N2O3/c1-11-5-6(4-10-11)7-2-3-8(14-7)9(12)13/h2-5H,1H3,(H,12,13). The normalized spacial score (nSPS) is 10.4. The zero-order valence-electron chi connectivity index (χ0n) is 7.47. The first-order chi connectivity index (χ1) is 6.66. The number of aromatic carboxylic acids is 1. The maximum Gasteiger partial charge on any atom is 0.371 e. The lowest BCUT2D eigenvalue weighted by atomic mass is 10.3. The molecular weight excluding hydrogens is 184 g/mol. The maximum absolute atomic E-state index is 10.5. The molecule has 0 unspecified atom stereocenters. The summed E-state index contributed by atoms with van der Waals surface area (Å²) in [5.41, 5.74) is 0.764. The molecule has 2 rings (SSSR count). The van der Waals surface area contributed by atoms with Crippen LogP contribution in [0.3, 0.4) is 0 Å². The second kappa shape index (κ2) is 3.02. The fourth-order valence-electron chi connectivity index (χ4n) is 1.16. The number of hydrogen-bond acceptors (Lipinski definition) is 3. The minimum absolute atomic E-state index is 0.0659. The van der Waals surface area contributed by atoms with Crippen molar-refractivity contribution in [3.8, 4) is 11.3 Å². The van der Waals surface area contributed by atoms with E-state index in [9.17, 15) is 4.79 Å². The Balaban J connectivity index is 2.38.